The lowest BCUT2D eigenvalue weighted by molar-refractivity contribution is -0.401. The van der Waals surface area contributed by atoms with Crippen molar-refractivity contribution in [3.63, 3.8) is 0 Å². The molecule has 1 aromatic rings. The van der Waals surface area contributed by atoms with Crippen molar-refractivity contribution < 1.29 is 48.7 Å². The number of quaternary nitrogens is 1. The average Bonchev–Trinajstić information content (AvgIpc) is 2.03. The van der Waals surface area contributed by atoms with Crippen LogP contribution in [-0.2, 0) is 12.7 Å². The lowest BCUT2D eigenvalue weighted by Gasteiger charge is -2.02. The monoisotopic (exact) mass is 248 g/mol. The van der Waals surface area contributed by atoms with Crippen LogP contribution in [0, 0.1) is 0 Å². The number of hydrogen-bond acceptors (Lipinski definition) is 0. The Balaban J connectivity index is 0. The van der Waals surface area contributed by atoms with Gasteiger partial charge in [-0.25, -0.2) is 4.98 Å². The number of rotatable bonds is 1. The molecule has 14 heavy (non-hydrogen) atoms. The van der Waals surface area contributed by atoms with Gasteiger partial charge in [-0.05, 0) is 6.07 Å². The van der Waals surface area contributed by atoms with E-state index in [9.17, 15) is 13.2 Å². The van der Waals surface area contributed by atoms with Crippen LogP contribution in [0.2, 0.25) is 0 Å². The minimum Gasteiger partial charge on any atom is -1.00 e. The third-order valence-electron chi connectivity index (χ3n) is 1.46. The highest BCUT2D eigenvalue weighted by atomic mass is 35.5. The Hall–Kier alpha value is -0.520. The Kier molecular flexibility index (Phi) is 6.89. The van der Waals surface area contributed by atoms with Crippen LogP contribution in [0.3, 0.4) is 0 Å². The molecule has 2 nitrogen and oxygen atoms in total. The number of halogens is 5. The Morgan fingerprint density at radius 2 is 1.79 bits per heavy atom. The molecule has 82 valence electrons. The lowest BCUT2D eigenvalue weighted by Crippen LogP contribution is -3.00. The third-order valence-corrected chi connectivity index (χ3v) is 1.46. The van der Waals surface area contributed by atoms with Gasteiger partial charge in [0, 0.05) is 0 Å². The van der Waals surface area contributed by atoms with Crippen LogP contribution in [-0.4, -0.2) is 0 Å². The zero-order valence-electron chi connectivity index (χ0n) is 7.04. The molecule has 0 saturated carbocycles. The maximum atomic E-state index is 12.1. The second-order valence-electron chi connectivity index (χ2n) is 2.38. The van der Waals surface area contributed by atoms with Gasteiger partial charge in [0.15, 0.2) is 12.4 Å². The predicted octanol–water partition coefficient (Wildman–Crippen LogP) is -5.73. The van der Waals surface area contributed by atoms with Gasteiger partial charge in [0.1, 0.15) is 12.1 Å². The third kappa shape index (κ3) is 4.13. The molecule has 0 aromatic carbocycles. The number of pyridine rings is 1. The van der Waals surface area contributed by atoms with Crippen LogP contribution in [0.25, 0.3) is 0 Å². The molecule has 1 heterocycles. The molecule has 0 aliphatic carbocycles. The van der Waals surface area contributed by atoms with Crippen LogP contribution < -0.4 is 35.5 Å². The number of aromatic amines is 1. The van der Waals surface area contributed by atoms with E-state index in [2.05, 4.69) is 10.7 Å². The highest BCUT2D eigenvalue weighted by Gasteiger charge is 2.32. The van der Waals surface area contributed by atoms with E-state index in [0.717, 1.165) is 12.3 Å². The largest absolute Gasteiger partial charge is 1.00 e. The van der Waals surface area contributed by atoms with Crippen molar-refractivity contribution in [1.29, 1.82) is 0 Å². The molecular weight excluding hydrogens is 240 g/mol. The zero-order chi connectivity index (χ0) is 9.19. The summed E-state index contributed by atoms with van der Waals surface area (Å²) in [4.78, 5) is 2.43. The molecule has 0 amide bonds. The lowest BCUT2D eigenvalue weighted by atomic mass is 10.2. The van der Waals surface area contributed by atoms with E-state index in [0.29, 0.717) is 12.1 Å². The fourth-order valence-electron chi connectivity index (χ4n) is 0.830. The summed E-state index contributed by atoms with van der Waals surface area (Å²) in [5.74, 6) is 0. The Morgan fingerprint density at radius 1 is 1.21 bits per heavy atom. The minimum atomic E-state index is -4.28. The number of aromatic nitrogens is 1. The Labute approximate surface area is 91.5 Å². The predicted molar refractivity (Wildman–Crippen MR) is 34.6 cm³/mol. The van der Waals surface area contributed by atoms with Crippen molar-refractivity contribution in [2.45, 2.75) is 12.7 Å². The van der Waals surface area contributed by atoms with Crippen LogP contribution in [0.15, 0.2) is 18.5 Å². The summed E-state index contributed by atoms with van der Waals surface area (Å²) < 4.78 is 36.2. The van der Waals surface area contributed by atoms with E-state index >= 15 is 0 Å². The summed E-state index contributed by atoms with van der Waals surface area (Å²) in [5.41, 5.74) is 3.37. The van der Waals surface area contributed by atoms with Crippen LogP contribution in [0.5, 0.6) is 0 Å². The summed E-state index contributed by atoms with van der Waals surface area (Å²) in [6.45, 7) is 0.348. The van der Waals surface area contributed by atoms with Gasteiger partial charge in [0.05, 0.1) is 5.56 Å². The van der Waals surface area contributed by atoms with Gasteiger partial charge in [-0.1, -0.05) is 0 Å². The summed E-state index contributed by atoms with van der Waals surface area (Å²) in [7, 11) is 0. The fourth-order valence-corrected chi connectivity index (χ4v) is 0.830. The second-order valence-corrected chi connectivity index (χ2v) is 2.38. The quantitative estimate of drug-likeness (QED) is 0.515. The van der Waals surface area contributed by atoms with Gasteiger partial charge in [0.2, 0.25) is 0 Å². The molecule has 0 saturated heterocycles. The average molecular weight is 249 g/mol. The molecule has 0 aliphatic heterocycles. The molecule has 0 atom stereocenters. The molecule has 1 rings (SSSR count). The van der Waals surface area contributed by atoms with Crippen LogP contribution in [0.4, 0.5) is 13.2 Å². The zero-order valence-corrected chi connectivity index (χ0v) is 8.55. The molecule has 0 unspecified atom stereocenters. The first-order valence-electron chi connectivity index (χ1n) is 3.40. The molecule has 0 fully saturated rings. The SMILES string of the molecule is [Cl-].[Cl-].[NH3+]Cc1c[nH+]cc(C(F)(F)F)c1. The Bertz CT molecular complexity index is 278. The topological polar surface area (TPSA) is 41.8 Å². The van der Waals surface area contributed by atoms with Gasteiger partial charge in [-0.2, -0.15) is 13.2 Å². The van der Waals surface area contributed by atoms with Crippen molar-refractivity contribution in [2.75, 3.05) is 0 Å². The normalized spacial score (nSPS) is 10.0. The molecule has 0 spiro atoms. The van der Waals surface area contributed by atoms with Crippen molar-refractivity contribution >= 4 is 0 Å². The maximum absolute atomic E-state index is 12.1. The maximum Gasteiger partial charge on any atom is 0.422 e. The van der Waals surface area contributed by atoms with E-state index in [1.807, 2.05) is 0 Å². The second kappa shape index (κ2) is 6.06. The highest BCUT2D eigenvalue weighted by Crippen LogP contribution is 2.28. The first kappa shape index (κ1) is 15.9. The summed E-state index contributed by atoms with van der Waals surface area (Å²) in [6.07, 6.45) is -1.84. The van der Waals surface area contributed by atoms with Gasteiger partial charge in [-0.15, -0.1) is 0 Å². The standard InChI is InChI=1S/C7H7F3N2.2ClH/c8-7(9,10)6-1-5(2-11)3-12-4-6;;/h1,3-4H,2,11H2;2*1H. The molecule has 0 aliphatic rings. The molecule has 4 N–H and O–H groups in total. The molecule has 1 aromatic heterocycles. The Morgan fingerprint density at radius 3 is 2.21 bits per heavy atom. The van der Waals surface area contributed by atoms with E-state index in [1.54, 1.807) is 0 Å². The number of nitrogens with one attached hydrogen (secondary N) is 1. The molecule has 0 bridgehead atoms. The van der Waals surface area contributed by atoms with E-state index in [4.69, 9.17) is 0 Å². The van der Waals surface area contributed by atoms with Crippen molar-refractivity contribution in [2.24, 2.45) is 0 Å². The van der Waals surface area contributed by atoms with Crippen molar-refractivity contribution in [1.82, 2.24) is 0 Å². The van der Waals surface area contributed by atoms with Crippen LogP contribution in [0.1, 0.15) is 11.1 Å². The van der Waals surface area contributed by atoms with E-state index in [1.165, 1.54) is 6.20 Å². The van der Waals surface area contributed by atoms with Gasteiger partial charge < -0.3 is 30.5 Å². The molecular formula is C7H9Cl2F3N2. The molecule has 7 heteroatoms. The number of alkyl halides is 3. The highest BCUT2D eigenvalue weighted by molar-refractivity contribution is 5.16. The van der Waals surface area contributed by atoms with Gasteiger partial charge >= 0.3 is 6.18 Å². The van der Waals surface area contributed by atoms with Gasteiger partial charge in [-0.3, -0.25) is 0 Å². The van der Waals surface area contributed by atoms with E-state index in [-0.39, 0.29) is 24.8 Å². The van der Waals surface area contributed by atoms with Gasteiger partial charge in [0.25, 0.3) is 0 Å². The molecule has 0 radical (unpaired) electrons. The van der Waals surface area contributed by atoms with Crippen LogP contribution >= 0.6 is 0 Å². The van der Waals surface area contributed by atoms with Crippen molar-refractivity contribution in [3.8, 4) is 0 Å². The first-order chi connectivity index (χ1) is 5.54. The van der Waals surface area contributed by atoms with E-state index < -0.39 is 11.7 Å². The minimum absolute atomic E-state index is 0. The number of H-pyrrole nitrogens is 1. The first-order valence-corrected chi connectivity index (χ1v) is 3.40. The smallest absolute Gasteiger partial charge is 0.422 e. The summed E-state index contributed by atoms with van der Waals surface area (Å²) in [5, 5.41) is 0. The fraction of sp³-hybridized carbons (Fsp3) is 0.286. The summed E-state index contributed by atoms with van der Waals surface area (Å²) in [6, 6.07) is 1.09. The summed E-state index contributed by atoms with van der Waals surface area (Å²) >= 11 is 0. The number of hydrogen-bond donors (Lipinski definition) is 1. The van der Waals surface area contributed by atoms with Crippen molar-refractivity contribution in [3.05, 3.63) is 29.6 Å².